The van der Waals surface area contributed by atoms with Gasteiger partial charge in [-0.3, -0.25) is 14.9 Å². The van der Waals surface area contributed by atoms with Gasteiger partial charge in [-0.05, 0) is 25.1 Å². The van der Waals surface area contributed by atoms with E-state index in [0.717, 1.165) is 6.07 Å². The number of nitrogens with zero attached hydrogens (tertiary/aromatic N) is 1. The quantitative estimate of drug-likeness (QED) is 0.511. The van der Waals surface area contributed by atoms with E-state index in [0.29, 0.717) is 5.76 Å². The van der Waals surface area contributed by atoms with Gasteiger partial charge >= 0.3 is 5.97 Å². The molecule has 0 bridgehead atoms. The molecule has 2 aromatic rings. The van der Waals surface area contributed by atoms with E-state index in [2.05, 4.69) is 0 Å². The van der Waals surface area contributed by atoms with Crippen LogP contribution >= 0.6 is 0 Å². The predicted octanol–water partition coefficient (Wildman–Crippen LogP) is 1.95. The average Bonchev–Trinajstić information content (AvgIpc) is 2.90. The van der Waals surface area contributed by atoms with Crippen molar-refractivity contribution in [2.45, 2.75) is 13.5 Å². The van der Waals surface area contributed by atoms with E-state index < -0.39 is 16.8 Å². The zero-order chi connectivity index (χ0) is 16.3. The third-order valence-electron chi connectivity index (χ3n) is 3.00. The summed E-state index contributed by atoms with van der Waals surface area (Å²) in [6, 6.07) is 5.16. The van der Waals surface area contributed by atoms with Gasteiger partial charge in [0, 0.05) is 11.6 Å². The number of carbonyl (C=O) groups excluding carboxylic acids is 2. The van der Waals surface area contributed by atoms with Crippen LogP contribution < -0.4 is 5.73 Å². The maximum Gasteiger partial charge on any atom is 0.342 e. The summed E-state index contributed by atoms with van der Waals surface area (Å²) in [6.07, 6.45) is 1.34. The van der Waals surface area contributed by atoms with E-state index in [1.54, 1.807) is 6.92 Å². The van der Waals surface area contributed by atoms with Crippen LogP contribution in [0.5, 0.6) is 0 Å². The number of nitro groups is 1. The summed E-state index contributed by atoms with van der Waals surface area (Å²) in [7, 11) is 0. The third kappa shape index (κ3) is 3.11. The summed E-state index contributed by atoms with van der Waals surface area (Å²) in [4.78, 5) is 33.2. The molecular weight excluding hydrogens is 292 g/mol. The zero-order valence-electron chi connectivity index (χ0n) is 11.6. The van der Waals surface area contributed by atoms with Crippen molar-refractivity contribution in [1.82, 2.24) is 0 Å². The van der Waals surface area contributed by atoms with E-state index in [-0.39, 0.29) is 29.0 Å². The van der Waals surface area contributed by atoms with Gasteiger partial charge in [0.2, 0.25) is 5.91 Å². The molecule has 1 aromatic carbocycles. The molecule has 114 valence electrons. The zero-order valence-corrected chi connectivity index (χ0v) is 11.6. The molecular formula is C14H12N2O6. The highest BCUT2D eigenvalue weighted by Gasteiger charge is 2.19. The van der Waals surface area contributed by atoms with Crippen LogP contribution in [0.2, 0.25) is 0 Å². The molecule has 0 saturated heterocycles. The van der Waals surface area contributed by atoms with Crippen LogP contribution in [-0.4, -0.2) is 16.8 Å². The summed E-state index contributed by atoms with van der Waals surface area (Å²) in [5.74, 6) is -1.04. The number of carbonyl (C=O) groups is 2. The molecule has 2 N–H and O–H groups in total. The smallest absolute Gasteiger partial charge is 0.342 e. The number of rotatable bonds is 5. The number of furan rings is 1. The van der Waals surface area contributed by atoms with E-state index in [9.17, 15) is 19.7 Å². The molecule has 0 spiro atoms. The van der Waals surface area contributed by atoms with E-state index in [1.165, 1.54) is 24.5 Å². The Morgan fingerprint density at radius 2 is 2.09 bits per heavy atom. The van der Waals surface area contributed by atoms with Crippen LogP contribution in [-0.2, 0) is 11.3 Å². The van der Waals surface area contributed by atoms with Gasteiger partial charge in [0.1, 0.15) is 17.9 Å². The molecule has 0 saturated carbocycles. The highest BCUT2D eigenvalue weighted by atomic mass is 16.6. The molecule has 22 heavy (non-hydrogen) atoms. The minimum absolute atomic E-state index is 0.00690. The van der Waals surface area contributed by atoms with Crippen molar-refractivity contribution >= 4 is 17.6 Å². The third-order valence-corrected chi connectivity index (χ3v) is 3.00. The predicted molar refractivity (Wildman–Crippen MR) is 74.2 cm³/mol. The number of primary amides is 1. The fourth-order valence-corrected chi connectivity index (χ4v) is 1.83. The number of benzene rings is 1. The molecule has 0 radical (unpaired) electrons. The number of hydrogen-bond donors (Lipinski definition) is 1. The van der Waals surface area contributed by atoms with Crippen LogP contribution in [0, 0.1) is 17.0 Å². The highest BCUT2D eigenvalue weighted by Crippen LogP contribution is 2.22. The lowest BCUT2D eigenvalue weighted by molar-refractivity contribution is -0.385. The molecule has 8 heteroatoms. The number of nitro benzene ring substituents is 1. The molecule has 0 aliphatic rings. The normalized spacial score (nSPS) is 10.2. The summed E-state index contributed by atoms with van der Waals surface area (Å²) < 4.78 is 10.0. The van der Waals surface area contributed by atoms with Crippen LogP contribution in [0.15, 0.2) is 34.9 Å². The SMILES string of the molecule is Cc1occc1C(=O)OCc1ccc(C(N)=O)cc1[N+](=O)[O-]. The minimum Gasteiger partial charge on any atom is -0.469 e. The second kappa shape index (κ2) is 6.08. The van der Waals surface area contributed by atoms with Crippen molar-refractivity contribution < 1.29 is 23.7 Å². The molecule has 0 aliphatic carbocycles. The summed E-state index contributed by atoms with van der Waals surface area (Å²) >= 11 is 0. The molecule has 2 rings (SSSR count). The van der Waals surface area contributed by atoms with Gasteiger partial charge in [0.05, 0.1) is 16.7 Å². The van der Waals surface area contributed by atoms with Gasteiger partial charge in [-0.15, -0.1) is 0 Å². The monoisotopic (exact) mass is 304 g/mol. The second-order valence-corrected chi connectivity index (χ2v) is 4.43. The Morgan fingerprint density at radius 3 is 2.64 bits per heavy atom. The number of aryl methyl sites for hydroxylation is 1. The Bertz CT molecular complexity index is 750. The van der Waals surface area contributed by atoms with Crippen molar-refractivity contribution in [2.75, 3.05) is 0 Å². The van der Waals surface area contributed by atoms with E-state index in [1.807, 2.05) is 0 Å². The first-order valence-electron chi connectivity index (χ1n) is 6.18. The van der Waals surface area contributed by atoms with Gasteiger partial charge < -0.3 is 14.9 Å². The van der Waals surface area contributed by atoms with Gasteiger partial charge in [-0.1, -0.05) is 0 Å². The van der Waals surface area contributed by atoms with Crippen molar-refractivity contribution in [3.63, 3.8) is 0 Å². The number of esters is 1. The average molecular weight is 304 g/mol. The maximum atomic E-state index is 11.8. The van der Waals surface area contributed by atoms with Crippen LogP contribution in [0.4, 0.5) is 5.69 Å². The first-order valence-corrected chi connectivity index (χ1v) is 6.18. The lowest BCUT2D eigenvalue weighted by Crippen LogP contribution is -2.12. The molecule has 8 nitrogen and oxygen atoms in total. The van der Waals surface area contributed by atoms with Gasteiger partial charge in [0.25, 0.3) is 5.69 Å². The molecule has 1 heterocycles. The van der Waals surface area contributed by atoms with E-state index in [4.69, 9.17) is 14.9 Å². The lowest BCUT2D eigenvalue weighted by Gasteiger charge is -2.06. The Balaban J connectivity index is 2.19. The van der Waals surface area contributed by atoms with Crippen LogP contribution in [0.25, 0.3) is 0 Å². The number of ether oxygens (including phenoxy) is 1. The van der Waals surface area contributed by atoms with Crippen molar-refractivity contribution in [2.24, 2.45) is 5.73 Å². The number of hydrogen-bond acceptors (Lipinski definition) is 6. The minimum atomic E-state index is -0.777. The van der Waals surface area contributed by atoms with Gasteiger partial charge in [0.15, 0.2) is 0 Å². The standard InChI is InChI=1S/C14H12N2O6/c1-8-11(4-5-21-8)14(18)22-7-10-3-2-9(13(15)17)6-12(10)16(19)20/h2-6H,7H2,1H3,(H2,15,17). The Morgan fingerprint density at radius 1 is 1.36 bits per heavy atom. The molecule has 1 amide bonds. The topological polar surface area (TPSA) is 126 Å². The molecule has 0 unspecified atom stereocenters. The lowest BCUT2D eigenvalue weighted by atomic mass is 10.1. The van der Waals surface area contributed by atoms with Crippen molar-refractivity contribution in [3.8, 4) is 0 Å². The summed E-state index contributed by atoms with van der Waals surface area (Å²) in [5, 5.41) is 11.0. The summed E-state index contributed by atoms with van der Waals surface area (Å²) in [5.41, 5.74) is 5.15. The van der Waals surface area contributed by atoms with Crippen LogP contribution in [0.3, 0.4) is 0 Å². The molecule has 0 atom stereocenters. The Labute approximate surface area is 124 Å². The largest absolute Gasteiger partial charge is 0.469 e. The Kier molecular flexibility index (Phi) is 4.21. The van der Waals surface area contributed by atoms with Gasteiger partial charge in [-0.25, -0.2) is 4.79 Å². The fourth-order valence-electron chi connectivity index (χ4n) is 1.83. The molecule has 0 aliphatic heterocycles. The van der Waals surface area contributed by atoms with Crippen molar-refractivity contribution in [1.29, 1.82) is 0 Å². The van der Waals surface area contributed by atoms with Crippen molar-refractivity contribution in [3.05, 3.63) is 63.1 Å². The fraction of sp³-hybridized carbons (Fsp3) is 0.143. The summed E-state index contributed by atoms with van der Waals surface area (Å²) in [6.45, 7) is 1.29. The van der Waals surface area contributed by atoms with Crippen LogP contribution in [0.1, 0.15) is 32.0 Å². The highest BCUT2D eigenvalue weighted by molar-refractivity contribution is 5.93. The first kappa shape index (κ1) is 15.2. The number of amides is 1. The van der Waals surface area contributed by atoms with E-state index >= 15 is 0 Å². The molecule has 0 fully saturated rings. The second-order valence-electron chi connectivity index (χ2n) is 4.43. The van der Waals surface area contributed by atoms with Gasteiger partial charge in [-0.2, -0.15) is 0 Å². The first-order chi connectivity index (χ1) is 10.4. The Hall–Kier alpha value is -3.16. The number of nitrogens with two attached hydrogens (primary N) is 1. The molecule has 1 aromatic heterocycles. The maximum absolute atomic E-state index is 11.8.